The van der Waals surface area contributed by atoms with Gasteiger partial charge in [0.1, 0.15) is 0 Å². The molecule has 5 rings (SSSR count). The molecule has 126 valence electrons. The molecule has 0 N–H and O–H groups in total. The van der Waals surface area contributed by atoms with Gasteiger partial charge >= 0.3 is 0 Å². The number of rotatable bonds is 2. The molecule has 0 heteroatoms. The zero-order valence-electron chi connectivity index (χ0n) is 15.3. The highest BCUT2D eigenvalue weighted by atomic mass is 14.2. The van der Waals surface area contributed by atoms with Crippen LogP contribution in [0.3, 0.4) is 0 Å². The molecule has 26 heavy (non-hydrogen) atoms. The zero-order chi connectivity index (χ0) is 17.7. The number of hydrogen-bond acceptors (Lipinski definition) is 0. The minimum Gasteiger partial charge on any atom is -0.0626 e. The number of hydrogen-bond donors (Lipinski definition) is 0. The van der Waals surface area contributed by atoms with E-state index in [1.165, 1.54) is 49.4 Å². The third-order valence-electron chi connectivity index (χ3n) is 5.72. The molecule has 0 radical (unpaired) electrons. The summed E-state index contributed by atoms with van der Waals surface area (Å²) in [5.41, 5.74) is 7.12. The maximum absolute atomic E-state index is 2.43. The molecule has 0 aromatic heterocycles. The van der Waals surface area contributed by atoms with Crippen molar-refractivity contribution >= 4 is 27.6 Å². The van der Waals surface area contributed by atoms with E-state index < -0.39 is 0 Å². The molecule has 0 heterocycles. The van der Waals surface area contributed by atoms with Crippen molar-refractivity contribution in [3.05, 3.63) is 89.5 Å². The summed E-state index contributed by atoms with van der Waals surface area (Å²) in [7, 11) is 0. The van der Waals surface area contributed by atoms with E-state index in [4.69, 9.17) is 0 Å². The average molecular weight is 334 g/mol. The van der Waals surface area contributed by atoms with E-state index in [1.807, 2.05) is 0 Å². The Morgan fingerprint density at radius 3 is 2.23 bits per heavy atom. The van der Waals surface area contributed by atoms with Crippen molar-refractivity contribution in [3.8, 4) is 11.1 Å². The first-order valence-corrected chi connectivity index (χ1v) is 9.45. The lowest BCUT2D eigenvalue weighted by Gasteiger charge is -2.13. The van der Waals surface area contributed by atoms with Crippen molar-refractivity contribution in [3.63, 3.8) is 0 Å². The van der Waals surface area contributed by atoms with Crippen molar-refractivity contribution in [2.24, 2.45) is 5.92 Å². The van der Waals surface area contributed by atoms with Gasteiger partial charge in [0.25, 0.3) is 0 Å². The third-order valence-corrected chi connectivity index (χ3v) is 5.72. The van der Waals surface area contributed by atoms with Gasteiger partial charge in [0, 0.05) is 0 Å². The summed E-state index contributed by atoms with van der Waals surface area (Å²) in [4.78, 5) is 0. The van der Waals surface area contributed by atoms with Crippen molar-refractivity contribution in [2.75, 3.05) is 0 Å². The molecule has 0 atom stereocenters. The summed E-state index contributed by atoms with van der Waals surface area (Å²) in [6.45, 7) is 4.59. The smallest absolute Gasteiger partial charge is 0.00550 e. The summed E-state index contributed by atoms with van der Waals surface area (Å²) < 4.78 is 0. The Balaban J connectivity index is 1.85. The third kappa shape index (κ3) is 2.29. The van der Waals surface area contributed by atoms with Gasteiger partial charge in [-0.3, -0.25) is 0 Å². The van der Waals surface area contributed by atoms with Crippen molar-refractivity contribution < 1.29 is 0 Å². The Bertz CT molecular complexity index is 1180. The van der Waals surface area contributed by atoms with Gasteiger partial charge in [0.2, 0.25) is 0 Å². The van der Waals surface area contributed by atoms with Crippen molar-refractivity contribution in [1.82, 2.24) is 0 Å². The van der Waals surface area contributed by atoms with E-state index in [2.05, 4.69) is 92.7 Å². The molecule has 0 nitrogen and oxygen atoms in total. The largest absolute Gasteiger partial charge is 0.0626 e. The van der Waals surface area contributed by atoms with Crippen LogP contribution in [-0.4, -0.2) is 0 Å². The molecule has 0 unspecified atom stereocenters. The molecule has 1 aliphatic rings. The van der Waals surface area contributed by atoms with Crippen LogP contribution < -0.4 is 0 Å². The summed E-state index contributed by atoms with van der Waals surface area (Å²) in [6.07, 6.45) is 3.52. The molecule has 0 spiro atoms. The molecule has 1 aliphatic carbocycles. The van der Waals surface area contributed by atoms with Crippen LogP contribution in [0.25, 0.3) is 38.7 Å². The quantitative estimate of drug-likeness (QED) is 0.338. The average Bonchev–Trinajstić information content (AvgIpc) is 3.12. The van der Waals surface area contributed by atoms with Crippen LogP contribution in [0.2, 0.25) is 0 Å². The Hall–Kier alpha value is -2.86. The molecule has 0 amide bonds. The highest BCUT2D eigenvalue weighted by Crippen LogP contribution is 2.40. The monoisotopic (exact) mass is 334 g/mol. The minimum absolute atomic E-state index is 0.601. The van der Waals surface area contributed by atoms with Gasteiger partial charge in [-0.1, -0.05) is 92.2 Å². The van der Waals surface area contributed by atoms with Gasteiger partial charge in [0.05, 0.1) is 0 Å². The first-order valence-electron chi connectivity index (χ1n) is 9.45. The standard InChI is InChI=1S/C26H22/c1-17(2)20-14-18-9-7-13-24(25(18)16-20)26-15-19-8-3-4-10-21(19)22-11-5-6-12-23(22)26/h3-13,15-17H,14H2,1-2H3. The normalized spacial score (nSPS) is 13.4. The molecule has 0 fully saturated rings. The lowest BCUT2D eigenvalue weighted by Crippen LogP contribution is -1.93. The van der Waals surface area contributed by atoms with Gasteiger partial charge in [-0.25, -0.2) is 0 Å². The number of benzene rings is 4. The first kappa shape index (κ1) is 15.4. The predicted octanol–water partition coefficient (Wildman–Crippen LogP) is 7.26. The fourth-order valence-electron chi connectivity index (χ4n) is 4.28. The summed E-state index contributed by atoms with van der Waals surface area (Å²) >= 11 is 0. The highest BCUT2D eigenvalue weighted by molar-refractivity contribution is 6.14. The number of allylic oxidation sites excluding steroid dienone is 1. The van der Waals surface area contributed by atoms with E-state index >= 15 is 0 Å². The molecule has 4 aromatic carbocycles. The maximum atomic E-state index is 2.43. The molecule has 4 aromatic rings. The van der Waals surface area contributed by atoms with E-state index in [0.717, 1.165) is 6.42 Å². The van der Waals surface area contributed by atoms with Crippen molar-refractivity contribution in [2.45, 2.75) is 20.3 Å². The van der Waals surface area contributed by atoms with E-state index in [9.17, 15) is 0 Å². The Morgan fingerprint density at radius 1 is 0.692 bits per heavy atom. The van der Waals surface area contributed by atoms with Crippen LogP contribution in [0.4, 0.5) is 0 Å². The van der Waals surface area contributed by atoms with Crippen molar-refractivity contribution in [1.29, 1.82) is 0 Å². The Morgan fingerprint density at radius 2 is 1.42 bits per heavy atom. The lowest BCUT2D eigenvalue weighted by molar-refractivity contribution is 0.754. The van der Waals surface area contributed by atoms with Gasteiger partial charge < -0.3 is 0 Å². The van der Waals surface area contributed by atoms with Gasteiger partial charge in [-0.2, -0.15) is 0 Å². The van der Waals surface area contributed by atoms with Crippen LogP contribution in [0.5, 0.6) is 0 Å². The van der Waals surface area contributed by atoms with Gasteiger partial charge in [-0.15, -0.1) is 0 Å². The van der Waals surface area contributed by atoms with Crippen LogP contribution in [-0.2, 0) is 6.42 Å². The predicted molar refractivity (Wildman–Crippen MR) is 113 cm³/mol. The second kappa shape index (κ2) is 5.85. The number of fused-ring (bicyclic) bond motifs is 4. The van der Waals surface area contributed by atoms with Crippen LogP contribution >= 0.6 is 0 Å². The SMILES string of the molecule is CC(C)C1=Cc2c(cccc2-c2cc3ccccc3c3ccccc23)C1. The van der Waals surface area contributed by atoms with E-state index in [-0.39, 0.29) is 0 Å². The van der Waals surface area contributed by atoms with E-state index in [1.54, 1.807) is 0 Å². The molecule has 0 bridgehead atoms. The molecular formula is C26H22. The molecular weight excluding hydrogens is 312 g/mol. The fraction of sp³-hybridized carbons (Fsp3) is 0.154. The summed E-state index contributed by atoms with van der Waals surface area (Å²) in [6, 6.07) is 26.7. The fourth-order valence-corrected chi connectivity index (χ4v) is 4.28. The minimum atomic E-state index is 0.601. The topological polar surface area (TPSA) is 0 Å². The summed E-state index contributed by atoms with van der Waals surface area (Å²) in [5.74, 6) is 0.601. The van der Waals surface area contributed by atoms with Gasteiger partial charge in [0.15, 0.2) is 0 Å². The summed E-state index contributed by atoms with van der Waals surface area (Å²) in [5, 5.41) is 5.32. The first-order chi connectivity index (χ1) is 12.7. The Labute approximate surface area is 154 Å². The molecule has 0 aliphatic heterocycles. The highest BCUT2D eigenvalue weighted by Gasteiger charge is 2.19. The second-order valence-electron chi connectivity index (χ2n) is 7.62. The molecule has 0 saturated carbocycles. The Kier molecular flexibility index (Phi) is 3.46. The second-order valence-corrected chi connectivity index (χ2v) is 7.62. The van der Waals surface area contributed by atoms with Crippen LogP contribution in [0.15, 0.2) is 78.4 Å². The van der Waals surface area contributed by atoms with Gasteiger partial charge in [-0.05, 0) is 62.2 Å². The lowest BCUT2D eigenvalue weighted by atomic mass is 9.90. The maximum Gasteiger partial charge on any atom is -0.00550 e. The van der Waals surface area contributed by atoms with Crippen LogP contribution in [0, 0.1) is 5.92 Å². The molecule has 0 saturated heterocycles. The van der Waals surface area contributed by atoms with E-state index in [0.29, 0.717) is 5.92 Å². The zero-order valence-corrected chi connectivity index (χ0v) is 15.3. The van der Waals surface area contributed by atoms with Crippen LogP contribution in [0.1, 0.15) is 25.0 Å².